The topological polar surface area (TPSA) is 108 Å². The molecule has 212 valence electrons. The Labute approximate surface area is 230 Å². The third-order valence-corrected chi connectivity index (χ3v) is 8.93. The van der Waals surface area contributed by atoms with Crippen LogP contribution >= 0.6 is 0 Å². The van der Waals surface area contributed by atoms with Crippen LogP contribution in [-0.4, -0.2) is 43.5 Å². The number of carboxylic acid groups (broad SMARTS) is 1. The Kier molecular flexibility index (Phi) is 9.22. The summed E-state index contributed by atoms with van der Waals surface area (Å²) in [4.78, 5) is 39.0. The second-order valence-electron chi connectivity index (χ2n) is 11.9. The van der Waals surface area contributed by atoms with Crippen LogP contribution in [-0.2, 0) is 4.74 Å². The number of ether oxygens (including phenoxy) is 1. The lowest BCUT2D eigenvalue weighted by Crippen LogP contribution is -2.49. The van der Waals surface area contributed by atoms with Gasteiger partial charge in [-0.15, -0.1) is 0 Å². The largest absolute Gasteiger partial charge is 0.465 e. The van der Waals surface area contributed by atoms with E-state index in [-0.39, 0.29) is 24.6 Å². The maximum absolute atomic E-state index is 12.9. The third kappa shape index (κ3) is 7.21. The number of anilines is 2. The van der Waals surface area contributed by atoms with E-state index >= 15 is 0 Å². The average Bonchev–Trinajstić information content (AvgIpc) is 3.79. The van der Waals surface area contributed by atoms with E-state index in [1.807, 2.05) is 18.2 Å². The van der Waals surface area contributed by atoms with Gasteiger partial charge in [-0.1, -0.05) is 75.3 Å². The number of carbonyl (C=O) groups is 1. The molecule has 3 N–H and O–H groups in total. The number of rotatable bonds is 13. The van der Waals surface area contributed by atoms with Crippen LogP contribution in [0.25, 0.3) is 0 Å². The Balaban J connectivity index is 1.30. The summed E-state index contributed by atoms with van der Waals surface area (Å²) in [5, 5.41) is 15.0. The normalized spacial score (nSPS) is 21.9. The fraction of sp³-hybridized carbons (Fsp3) is 0.645. The fourth-order valence-corrected chi connectivity index (χ4v) is 6.62. The first-order valence-electron chi connectivity index (χ1n) is 15.0. The molecule has 1 aliphatic heterocycles. The first-order valence-corrected chi connectivity index (χ1v) is 15.0. The molecule has 0 radical (unpaired) electrons. The number of piperidine rings is 1. The molecule has 5 rings (SSSR count). The summed E-state index contributed by atoms with van der Waals surface area (Å²) in [6.07, 6.45) is 11.2. The smallest absolute Gasteiger partial charge is 0.404 e. The average molecular weight is 538 g/mol. The minimum Gasteiger partial charge on any atom is -0.465 e. The van der Waals surface area contributed by atoms with Crippen LogP contribution in [0.3, 0.4) is 0 Å². The van der Waals surface area contributed by atoms with Gasteiger partial charge in [0.05, 0.1) is 6.10 Å². The van der Waals surface area contributed by atoms with Crippen LogP contribution in [0.5, 0.6) is 0 Å². The first-order chi connectivity index (χ1) is 19.0. The van der Waals surface area contributed by atoms with Gasteiger partial charge in [-0.05, 0) is 43.1 Å². The summed E-state index contributed by atoms with van der Waals surface area (Å²) >= 11 is 0. The van der Waals surface area contributed by atoms with E-state index in [0.717, 1.165) is 63.2 Å². The molecule has 2 aliphatic carbocycles. The number of benzene rings is 1. The molecule has 1 saturated heterocycles. The van der Waals surface area contributed by atoms with Crippen molar-refractivity contribution in [2.24, 2.45) is 17.8 Å². The molecular weight excluding hydrogens is 494 g/mol. The van der Waals surface area contributed by atoms with Crippen molar-refractivity contribution < 1.29 is 14.6 Å². The van der Waals surface area contributed by atoms with Gasteiger partial charge in [0, 0.05) is 38.2 Å². The van der Waals surface area contributed by atoms with Crippen molar-refractivity contribution in [3.63, 3.8) is 0 Å². The van der Waals surface area contributed by atoms with Crippen molar-refractivity contribution in [1.82, 2.24) is 5.32 Å². The van der Waals surface area contributed by atoms with Gasteiger partial charge in [0.25, 0.3) is 10.9 Å². The number of nitrogens with one attached hydrogen (secondary N) is 2. The Morgan fingerprint density at radius 1 is 0.974 bits per heavy atom. The second kappa shape index (κ2) is 13.0. The van der Waals surface area contributed by atoms with Crippen LogP contribution in [0.15, 0.2) is 39.9 Å². The minimum absolute atomic E-state index is 0.0468. The maximum atomic E-state index is 12.9. The van der Waals surface area contributed by atoms with E-state index in [1.54, 1.807) is 0 Å². The predicted molar refractivity (Wildman–Crippen MR) is 153 cm³/mol. The maximum Gasteiger partial charge on any atom is 0.404 e. The molecule has 2 saturated carbocycles. The Morgan fingerprint density at radius 3 is 2.46 bits per heavy atom. The zero-order chi connectivity index (χ0) is 27.2. The van der Waals surface area contributed by atoms with Gasteiger partial charge in [0.15, 0.2) is 0 Å². The lowest BCUT2D eigenvalue weighted by molar-refractivity contribution is 0.00303. The number of hydrogen-bond donors (Lipinski definition) is 3. The molecule has 0 bridgehead atoms. The molecule has 3 unspecified atom stereocenters. The molecule has 3 atom stereocenters. The molecule has 0 aromatic heterocycles. The summed E-state index contributed by atoms with van der Waals surface area (Å²) in [6, 6.07) is 10.1. The zero-order valence-corrected chi connectivity index (χ0v) is 22.9. The highest BCUT2D eigenvalue weighted by Gasteiger charge is 2.35. The van der Waals surface area contributed by atoms with E-state index in [0.29, 0.717) is 23.8 Å². The van der Waals surface area contributed by atoms with Crippen molar-refractivity contribution in [2.45, 2.75) is 82.8 Å². The molecule has 3 aliphatic rings. The van der Waals surface area contributed by atoms with Gasteiger partial charge in [-0.25, -0.2) is 4.79 Å². The predicted octanol–water partition coefficient (Wildman–Crippen LogP) is 5.08. The summed E-state index contributed by atoms with van der Waals surface area (Å²) in [7, 11) is 0. The zero-order valence-electron chi connectivity index (χ0n) is 22.9. The molecule has 3 fully saturated rings. The lowest BCUT2D eigenvalue weighted by atomic mass is 9.84. The van der Waals surface area contributed by atoms with Gasteiger partial charge >= 0.3 is 6.09 Å². The quantitative estimate of drug-likeness (QED) is 0.306. The number of amides is 1. The molecule has 39 heavy (non-hydrogen) atoms. The molecule has 2 aromatic carbocycles. The highest BCUT2D eigenvalue weighted by molar-refractivity contribution is 5.76. The monoisotopic (exact) mass is 537 g/mol. The SMILES string of the molecule is O=C(O)NCC(CC1CCCCC1)Nc1c(N2CCCC(C(OCCC3CC3)c3ccccc3)C2)c(=O)c1=O. The van der Waals surface area contributed by atoms with Crippen LogP contribution in [0.2, 0.25) is 0 Å². The number of hydrogen-bond acceptors (Lipinski definition) is 6. The van der Waals surface area contributed by atoms with Crippen molar-refractivity contribution >= 4 is 17.5 Å². The number of nitrogens with zero attached hydrogens (tertiary/aromatic N) is 1. The van der Waals surface area contributed by atoms with Crippen molar-refractivity contribution in [2.75, 3.05) is 36.5 Å². The Bertz CT molecular complexity index is 1150. The molecular formula is C31H43N3O5. The second-order valence-corrected chi connectivity index (χ2v) is 11.9. The molecule has 2 aromatic rings. The summed E-state index contributed by atoms with van der Waals surface area (Å²) in [5.41, 5.74) is 1.07. The van der Waals surface area contributed by atoms with Gasteiger partial charge in [-0.3, -0.25) is 9.59 Å². The van der Waals surface area contributed by atoms with Crippen LogP contribution in [0.1, 0.15) is 82.3 Å². The van der Waals surface area contributed by atoms with Gasteiger partial charge in [0.1, 0.15) is 11.4 Å². The Hall–Kier alpha value is -2.87. The van der Waals surface area contributed by atoms with Gasteiger partial charge < -0.3 is 25.4 Å². The molecule has 1 heterocycles. The van der Waals surface area contributed by atoms with Crippen LogP contribution in [0.4, 0.5) is 16.2 Å². The highest BCUT2D eigenvalue weighted by Crippen LogP contribution is 2.38. The van der Waals surface area contributed by atoms with E-state index in [9.17, 15) is 19.5 Å². The van der Waals surface area contributed by atoms with E-state index < -0.39 is 17.0 Å². The van der Waals surface area contributed by atoms with Gasteiger partial charge in [0.2, 0.25) is 0 Å². The lowest BCUT2D eigenvalue weighted by Gasteiger charge is -2.39. The standard InChI is InChI=1S/C31H43N3O5/c35-28-26(33-25(19-32-31(37)38)18-22-8-3-1-4-9-22)27(29(28)36)34-16-7-12-24(20-34)30(23-10-5-2-6-11-23)39-17-15-21-13-14-21/h2,5-6,10-11,21-22,24-25,30,32-33H,1,3-4,7-9,12-20H2,(H,37,38). The van der Waals surface area contributed by atoms with E-state index in [2.05, 4.69) is 27.7 Å². The van der Waals surface area contributed by atoms with E-state index in [4.69, 9.17) is 4.74 Å². The third-order valence-electron chi connectivity index (χ3n) is 8.93. The summed E-state index contributed by atoms with van der Waals surface area (Å²) in [6.45, 7) is 2.33. The fourth-order valence-electron chi connectivity index (χ4n) is 6.62. The van der Waals surface area contributed by atoms with Gasteiger partial charge in [-0.2, -0.15) is 0 Å². The van der Waals surface area contributed by atoms with Crippen molar-refractivity contribution in [1.29, 1.82) is 0 Å². The summed E-state index contributed by atoms with van der Waals surface area (Å²) < 4.78 is 6.50. The highest BCUT2D eigenvalue weighted by atomic mass is 16.5. The minimum atomic E-state index is -1.08. The van der Waals surface area contributed by atoms with E-state index in [1.165, 1.54) is 32.1 Å². The molecule has 1 amide bonds. The summed E-state index contributed by atoms with van der Waals surface area (Å²) in [5.74, 6) is 1.52. The molecule has 8 nitrogen and oxygen atoms in total. The van der Waals surface area contributed by atoms with Crippen LogP contribution in [0, 0.1) is 17.8 Å². The van der Waals surface area contributed by atoms with Crippen molar-refractivity contribution in [3.05, 3.63) is 56.3 Å². The van der Waals surface area contributed by atoms with Crippen molar-refractivity contribution in [3.8, 4) is 0 Å². The van der Waals surface area contributed by atoms with Crippen LogP contribution < -0.4 is 26.4 Å². The first kappa shape index (κ1) is 27.7. The molecule has 0 spiro atoms. The Morgan fingerprint density at radius 2 is 1.74 bits per heavy atom. The molecule has 8 heteroatoms.